The average Bonchev–Trinajstić information content (AvgIpc) is 2.69. The van der Waals surface area contributed by atoms with E-state index in [4.69, 9.17) is 0 Å². The Morgan fingerprint density at radius 1 is 0.963 bits per heavy atom. The molecule has 0 aromatic heterocycles. The third kappa shape index (κ3) is 5.08. The maximum Gasteiger partial charge on any atom is 0.319 e. The third-order valence-corrected chi connectivity index (χ3v) is 6.55. The van der Waals surface area contributed by atoms with Crippen molar-refractivity contribution in [2.45, 2.75) is 37.6 Å². The molecule has 1 aliphatic heterocycles. The van der Waals surface area contributed by atoms with Gasteiger partial charge in [-0.1, -0.05) is 36.2 Å². The van der Waals surface area contributed by atoms with E-state index in [9.17, 15) is 13.2 Å². The van der Waals surface area contributed by atoms with E-state index in [0.717, 1.165) is 36.1 Å². The normalized spacial score (nSPS) is 15.3. The van der Waals surface area contributed by atoms with Gasteiger partial charge in [0, 0.05) is 25.3 Å². The van der Waals surface area contributed by atoms with Gasteiger partial charge in [0.05, 0.1) is 4.90 Å². The molecule has 0 radical (unpaired) electrons. The van der Waals surface area contributed by atoms with Gasteiger partial charge in [-0.25, -0.2) is 13.2 Å². The van der Waals surface area contributed by atoms with Crippen LogP contribution in [0.25, 0.3) is 0 Å². The molecule has 0 aliphatic carbocycles. The molecular formula is C20H25N3O3S. The van der Waals surface area contributed by atoms with E-state index in [1.54, 1.807) is 28.6 Å². The van der Waals surface area contributed by atoms with Gasteiger partial charge >= 0.3 is 6.03 Å². The first-order valence-corrected chi connectivity index (χ1v) is 10.6. The molecule has 0 spiro atoms. The largest absolute Gasteiger partial charge is 0.334 e. The molecule has 2 amide bonds. The van der Waals surface area contributed by atoms with Crippen molar-refractivity contribution in [1.29, 1.82) is 0 Å². The number of anilines is 1. The number of amides is 2. The number of aryl methyl sites for hydroxylation is 1. The summed E-state index contributed by atoms with van der Waals surface area (Å²) in [6.07, 6.45) is 2.91. The van der Waals surface area contributed by atoms with Gasteiger partial charge in [-0.2, -0.15) is 4.31 Å². The maximum atomic E-state index is 12.6. The van der Waals surface area contributed by atoms with E-state index in [-0.39, 0.29) is 6.03 Å². The molecule has 1 aliphatic rings. The van der Waals surface area contributed by atoms with E-state index in [1.165, 1.54) is 0 Å². The van der Waals surface area contributed by atoms with Gasteiger partial charge in [0.25, 0.3) is 0 Å². The van der Waals surface area contributed by atoms with Gasteiger partial charge < -0.3 is 10.6 Å². The van der Waals surface area contributed by atoms with E-state index in [0.29, 0.717) is 24.5 Å². The molecule has 2 aromatic carbocycles. The van der Waals surface area contributed by atoms with Crippen molar-refractivity contribution >= 4 is 21.7 Å². The second-order valence-corrected chi connectivity index (χ2v) is 8.72. The molecule has 27 heavy (non-hydrogen) atoms. The topological polar surface area (TPSA) is 78.5 Å². The number of carbonyl (C=O) groups excluding carboxylic acids is 1. The standard InChI is InChI=1S/C20H25N3O3S/c1-16-5-9-18(10-6-16)22-20(24)21-15-17-7-11-19(12-8-17)27(25,26)23-13-3-2-4-14-23/h5-12H,2-4,13-15H2,1H3,(H2,21,22,24). The molecule has 2 aromatic rings. The Labute approximate surface area is 160 Å². The molecule has 0 saturated carbocycles. The first kappa shape index (κ1) is 19.4. The molecule has 3 rings (SSSR count). The molecule has 0 bridgehead atoms. The number of piperidine rings is 1. The summed E-state index contributed by atoms with van der Waals surface area (Å²) in [7, 11) is -3.42. The van der Waals surface area contributed by atoms with Crippen molar-refractivity contribution in [1.82, 2.24) is 9.62 Å². The van der Waals surface area contributed by atoms with Crippen LogP contribution in [0.2, 0.25) is 0 Å². The molecular weight excluding hydrogens is 362 g/mol. The number of nitrogens with one attached hydrogen (secondary N) is 2. The minimum Gasteiger partial charge on any atom is -0.334 e. The SMILES string of the molecule is Cc1ccc(NC(=O)NCc2ccc(S(=O)(=O)N3CCCCC3)cc2)cc1. The molecule has 6 nitrogen and oxygen atoms in total. The molecule has 0 atom stereocenters. The number of benzene rings is 2. The molecule has 7 heteroatoms. The number of hydrogen-bond acceptors (Lipinski definition) is 3. The Hall–Kier alpha value is -2.38. The fourth-order valence-corrected chi connectivity index (χ4v) is 4.55. The molecule has 1 saturated heterocycles. The fourth-order valence-electron chi connectivity index (χ4n) is 3.03. The zero-order valence-corrected chi connectivity index (χ0v) is 16.3. The zero-order valence-electron chi connectivity index (χ0n) is 15.4. The van der Waals surface area contributed by atoms with Gasteiger partial charge in [0.15, 0.2) is 0 Å². The Morgan fingerprint density at radius 3 is 2.22 bits per heavy atom. The third-order valence-electron chi connectivity index (χ3n) is 4.64. The highest BCUT2D eigenvalue weighted by molar-refractivity contribution is 7.89. The summed E-state index contributed by atoms with van der Waals surface area (Å²) in [4.78, 5) is 12.3. The Kier molecular flexibility index (Phi) is 6.13. The maximum absolute atomic E-state index is 12.6. The highest BCUT2D eigenvalue weighted by atomic mass is 32.2. The van der Waals surface area contributed by atoms with Crippen LogP contribution in [0.5, 0.6) is 0 Å². The van der Waals surface area contributed by atoms with Crippen LogP contribution < -0.4 is 10.6 Å². The monoisotopic (exact) mass is 387 g/mol. The van der Waals surface area contributed by atoms with Crippen LogP contribution in [0.4, 0.5) is 10.5 Å². The average molecular weight is 388 g/mol. The lowest BCUT2D eigenvalue weighted by Crippen LogP contribution is -2.35. The predicted octanol–water partition coefficient (Wildman–Crippen LogP) is 3.49. The van der Waals surface area contributed by atoms with E-state index >= 15 is 0 Å². The van der Waals surface area contributed by atoms with Crippen molar-refractivity contribution < 1.29 is 13.2 Å². The minimum absolute atomic E-state index is 0.302. The van der Waals surface area contributed by atoms with Crippen molar-refractivity contribution in [2.75, 3.05) is 18.4 Å². The summed E-state index contributed by atoms with van der Waals surface area (Å²) in [5, 5.41) is 5.54. The minimum atomic E-state index is -3.42. The smallest absolute Gasteiger partial charge is 0.319 e. The Bertz CT molecular complexity index is 872. The molecule has 144 valence electrons. The summed E-state index contributed by atoms with van der Waals surface area (Å²) in [6.45, 7) is 3.48. The van der Waals surface area contributed by atoms with E-state index in [1.807, 2.05) is 31.2 Å². The summed E-state index contributed by atoms with van der Waals surface area (Å²) >= 11 is 0. The van der Waals surface area contributed by atoms with Crippen molar-refractivity contribution in [3.63, 3.8) is 0 Å². The molecule has 0 unspecified atom stereocenters. The van der Waals surface area contributed by atoms with Crippen LogP contribution in [0.1, 0.15) is 30.4 Å². The summed E-state index contributed by atoms with van der Waals surface area (Å²) in [6, 6.07) is 13.9. The van der Waals surface area contributed by atoms with Gasteiger partial charge in [0.2, 0.25) is 10.0 Å². The van der Waals surface area contributed by atoms with Crippen LogP contribution >= 0.6 is 0 Å². The Morgan fingerprint density at radius 2 is 1.59 bits per heavy atom. The number of carbonyl (C=O) groups is 1. The molecule has 1 fully saturated rings. The Balaban J connectivity index is 1.55. The highest BCUT2D eigenvalue weighted by Crippen LogP contribution is 2.20. The van der Waals surface area contributed by atoms with Crippen molar-refractivity contribution in [3.8, 4) is 0 Å². The van der Waals surface area contributed by atoms with Crippen LogP contribution in [0.3, 0.4) is 0 Å². The van der Waals surface area contributed by atoms with Crippen molar-refractivity contribution in [3.05, 3.63) is 59.7 Å². The van der Waals surface area contributed by atoms with Gasteiger partial charge in [-0.05, 0) is 49.6 Å². The number of urea groups is 1. The van der Waals surface area contributed by atoms with E-state index in [2.05, 4.69) is 10.6 Å². The number of sulfonamides is 1. The van der Waals surface area contributed by atoms with Crippen LogP contribution in [0.15, 0.2) is 53.4 Å². The van der Waals surface area contributed by atoms with Crippen LogP contribution in [-0.2, 0) is 16.6 Å². The second-order valence-electron chi connectivity index (χ2n) is 6.78. The highest BCUT2D eigenvalue weighted by Gasteiger charge is 2.25. The van der Waals surface area contributed by atoms with Gasteiger partial charge in [-0.3, -0.25) is 0 Å². The first-order chi connectivity index (χ1) is 12.9. The summed E-state index contributed by atoms with van der Waals surface area (Å²) in [5.74, 6) is 0. The number of rotatable bonds is 5. The fraction of sp³-hybridized carbons (Fsp3) is 0.350. The van der Waals surface area contributed by atoms with E-state index < -0.39 is 10.0 Å². The van der Waals surface area contributed by atoms with Crippen LogP contribution in [0, 0.1) is 6.92 Å². The lowest BCUT2D eigenvalue weighted by Gasteiger charge is -2.25. The number of nitrogens with zero attached hydrogens (tertiary/aromatic N) is 1. The predicted molar refractivity (Wildman–Crippen MR) is 106 cm³/mol. The lowest BCUT2D eigenvalue weighted by atomic mass is 10.2. The van der Waals surface area contributed by atoms with Gasteiger partial charge in [0.1, 0.15) is 0 Å². The van der Waals surface area contributed by atoms with Crippen molar-refractivity contribution in [2.24, 2.45) is 0 Å². The number of hydrogen-bond donors (Lipinski definition) is 2. The quantitative estimate of drug-likeness (QED) is 0.824. The second kappa shape index (κ2) is 8.54. The molecule has 1 heterocycles. The van der Waals surface area contributed by atoms with Crippen LogP contribution in [-0.4, -0.2) is 31.8 Å². The molecule has 2 N–H and O–H groups in total. The van der Waals surface area contributed by atoms with Gasteiger partial charge in [-0.15, -0.1) is 0 Å². The lowest BCUT2D eigenvalue weighted by molar-refractivity contribution is 0.251. The first-order valence-electron chi connectivity index (χ1n) is 9.16. The summed E-state index contributed by atoms with van der Waals surface area (Å²) < 4.78 is 26.8. The summed E-state index contributed by atoms with van der Waals surface area (Å²) in [5.41, 5.74) is 2.69. The zero-order chi connectivity index (χ0) is 19.3.